The van der Waals surface area contributed by atoms with Gasteiger partial charge >= 0.3 is 11.7 Å². The second-order valence-electron chi connectivity index (χ2n) is 7.35. The van der Waals surface area contributed by atoms with E-state index >= 15 is 0 Å². The minimum Gasteiger partial charge on any atom is -0.466 e. The van der Waals surface area contributed by atoms with E-state index in [1.54, 1.807) is 19.1 Å². The number of aryl methyl sites for hydroxylation is 1. The van der Waals surface area contributed by atoms with Gasteiger partial charge in [0.25, 0.3) is 5.56 Å². The van der Waals surface area contributed by atoms with Crippen molar-refractivity contribution in [3.63, 3.8) is 0 Å². The average molecular weight is 409 g/mol. The predicted octanol–water partition coefficient (Wildman–Crippen LogP) is 1.56. The van der Waals surface area contributed by atoms with Gasteiger partial charge in [0, 0.05) is 19.3 Å². The predicted molar refractivity (Wildman–Crippen MR) is 112 cm³/mol. The number of nitrogens with one attached hydrogen (secondary N) is 1. The van der Waals surface area contributed by atoms with Gasteiger partial charge in [-0.15, -0.1) is 0 Å². The first kappa shape index (κ1) is 19.8. The molecular weight excluding hydrogens is 386 g/mol. The van der Waals surface area contributed by atoms with E-state index < -0.39 is 11.2 Å². The van der Waals surface area contributed by atoms with Gasteiger partial charge in [-0.25, -0.2) is 14.3 Å². The molecule has 9 nitrogen and oxygen atoms in total. The molecule has 0 saturated carbocycles. The second-order valence-corrected chi connectivity index (χ2v) is 7.35. The van der Waals surface area contributed by atoms with E-state index in [1.165, 1.54) is 6.20 Å². The van der Waals surface area contributed by atoms with Crippen LogP contribution in [0.3, 0.4) is 0 Å². The molecule has 0 bridgehead atoms. The molecule has 1 aliphatic heterocycles. The number of carbonyl (C=O) groups excluding carboxylic acids is 1. The normalized spacial score (nSPS) is 14.8. The van der Waals surface area contributed by atoms with E-state index in [1.807, 2.05) is 24.0 Å². The SMILES string of the molecule is CCOC(=O)C1CCN(c2ncc3c(=O)n(-c4ccc(C)cc4)c(=O)[nH]c3n2)CC1. The van der Waals surface area contributed by atoms with E-state index in [4.69, 9.17) is 4.74 Å². The topological polar surface area (TPSA) is 110 Å². The van der Waals surface area contributed by atoms with Gasteiger partial charge in [0.05, 0.1) is 18.2 Å². The highest BCUT2D eigenvalue weighted by Crippen LogP contribution is 2.22. The third kappa shape index (κ3) is 3.70. The number of fused-ring (bicyclic) bond motifs is 1. The van der Waals surface area contributed by atoms with Gasteiger partial charge in [-0.05, 0) is 38.8 Å². The van der Waals surface area contributed by atoms with Gasteiger partial charge in [0.2, 0.25) is 5.95 Å². The Kier molecular flexibility index (Phi) is 5.35. The van der Waals surface area contributed by atoms with E-state index in [9.17, 15) is 14.4 Å². The van der Waals surface area contributed by atoms with Crippen LogP contribution in [-0.4, -0.2) is 45.2 Å². The van der Waals surface area contributed by atoms with Crippen molar-refractivity contribution in [3.8, 4) is 5.69 Å². The zero-order valence-corrected chi connectivity index (χ0v) is 16.9. The molecule has 1 aliphatic rings. The van der Waals surface area contributed by atoms with Crippen molar-refractivity contribution in [1.29, 1.82) is 0 Å². The molecule has 3 aromatic rings. The van der Waals surface area contributed by atoms with Gasteiger partial charge < -0.3 is 9.64 Å². The zero-order chi connectivity index (χ0) is 21.3. The number of hydrogen-bond acceptors (Lipinski definition) is 7. The third-order valence-corrected chi connectivity index (χ3v) is 5.33. The van der Waals surface area contributed by atoms with Crippen molar-refractivity contribution in [3.05, 3.63) is 56.9 Å². The molecule has 1 N–H and O–H groups in total. The quantitative estimate of drug-likeness (QED) is 0.651. The molecule has 2 aromatic heterocycles. The fraction of sp³-hybridized carbons (Fsp3) is 0.381. The monoisotopic (exact) mass is 409 g/mol. The van der Waals surface area contributed by atoms with E-state index in [-0.39, 0.29) is 22.9 Å². The van der Waals surface area contributed by atoms with Crippen LogP contribution in [0.2, 0.25) is 0 Å². The maximum atomic E-state index is 12.9. The average Bonchev–Trinajstić information content (AvgIpc) is 2.75. The molecule has 1 aromatic carbocycles. The van der Waals surface area contributed by atoms with Crippen molar-refractivity contribution in [2.45, 2.75) is 26.7 Å². The van der Waals surface area contributed by atoms with Gasteiger partial charge in [-0.1, -0.05) is 17.7 Å². The minimum absolute atomic E-state index is 0.122. The number of hydrogen-bond donors (Lipinski definition) is 1. The maximum absolute atomic E-state index is 12.9. The summed E-state index contributed by atoms with van der Waals surface area (Å²) < 4.78 is 6.17. The van der Waals surface area contributed by atoms with Crippen molar-refractivity contribution >= 4 is 23.0 Å². The van der Waals surface area contributed by atoms with Gasteiger partial charge in [-0.2, -0.15) is 4.98 Å². The molecule has 0 spiro atoms. The molecule has 0 radical (unpaired) electrons. The highest BCUT2D eigenvalue weighted by atomic mass is 16.5. The Labute approximate surface area is 172 Å². The fourth-order valence-electron chi connectivity index (χ4n) is 3.65. The summed E-state index contributed by atoms with van der Waals surface area (Å²) in [5.74, 6) is 0.133. The maximum Gasteiger partial charge on any atom is 0.334 e. The van der Waals surface area contributed by atoms with Crippen molar-refractivity contribution < 1.29 is 9.53 Å². The van der Waals surface area contributed by atoms with Crippen molar-refractivity contribution in [1.82, 2.24) is 19.5 Å². The number of nitrogens with zero attached hydrogens (tertiary/aromatic N) is 4. The second kappa shape index (κ2) is 8.10. The van der Waals surface area contributed by atoms with Crippen molar-refractivity contribution in [2.24, 2.45) is 5.92 Å². The number of anilines is 1. The van der Waals surface area contributed by atoms with Crippen LogP contribution in [0.4, 0.5) is 5.95 Å². The molecule has 30 heavy (non-hydrogen) atoms. The van der Waals surface area contributed by atoms with E-state index in [0.717, 1.165) is 10.1 Å². The molecule has 3 heterocycles. The Morgan fingerprint density at radius 3 is 2.57 bits per heavy atom. The largest absolute Gasteiger partial charge is 0.466 e. The number of ether oxygens (including phenoxy) is 1. The molecule has 0 atom stereocenters. The summed E-state index contributed by atoms with van der Waals surface area (Å²) in [4.78, 5) is 50.8. The first-order chi connectivity index (χ1) is 14.5. The Hall–Kier alpha value is -3.49. The lowest BCUT2D eigenvalue weighted by Crippen LogP contribution is -2.38. The minimum atomic E-state index is -0.554. The van der Waals surface area contributed by atoms with Crippen LogP contribution in [0.1, 0.15) is 25.3 Å². The van der Waals surface area contributed by atoms with Crippen LogP contribution in [0.15, 0.2) is 40.1 Å². The third-order valence-electron chi connectivity index (χ3n) is 5.33. The number of piperidine rings is 1. The van der Waals surface area contributed by atoms with Gasteiger partial charge in [-0.3, -0.25) is 14.6 Å². The van der Waals surface area contributed by atoms with Crippen LogP contribution in [-0.2, 0) is 9.53 Å². The summed E-state index contributed by atoms with van der Waals surface area (Å²) in [6.45, 7) is 5.30. The first-order valence-electron chi connectivity index (χ1n) is 9.98. The lowest BCUT2D eigenvalue weighted by Gasteiger charge is -2.30. The summed E-state index contributed by atoms with van der Waals surface area (Å²) in [6, 6.07) is 7.12. The summed E-state index contributed by atoms with van der Waals surface area (Å²) in [7, 11) is 0. The Bertz CT molecular complexity index is 1190. The lowest BCUT2D eigenvalue weighted by molar-refractivity contribution is -0.148. The molecule has 9 heteroatoms. The Balaban J connectivity index is 1.62. The molecule has 156 valence electrons. The summed E-state index contributed by atoms with van der Waals surface area (Å²) in [5.41, 5.74) is 0.695. The van der Waals surface area contributed by atoms with Gasteiger partial charge in [0.1, 0.15) is 5.39 Å². The summed E-state index contributed by atoms with van der Waals surface area (Å²) in [6.07, 6.45) is 2.73. The van der Waals surface area contributed by atoms with Crippen molar-refractivity contribution in [2.75, 3.05) is 24.6 Å². The van der Waals surface area contributed by atoms with E-state index in [0.29, 0.717) is 44.2 Å². The summed E-state index contributed by atoms with van der Waals surface area (Å²) >= 11 is 0. The number of carbonyl (C=O) groups is 1. The number of aromatic nitrogens is 4. The smallest absolute Gasteiger partial charge is 0.334 e. The number of H-pyrrole nitrogens is 1. The van der Waals surface area contributed by atoms with Crippen LogP contribution in [0.25, 0.3) is 16.7 Å². The van der Waals surface area contributed by atoms with Gasteiger partial charge in [0.15, 0.2) is 5.65 Å². The molecule has 0 amide bonds. The van der Waals surface area contributed by atoms with Crippen LogP contribution in [0, 0.1) is 12.8 Å². The molecule has 1 saturated heterocycles. The molecule has 0 unspecified atom stereocenters. The highest BCUT2D eigenvalue weighted by molar-refractivity contribution is 5.74. The fourth-order valence-corrected chi connectivity index (χ4v) is 3.65. The van der Waals surface area contributed by atoms with Crippen LogP contribution >= 0.6 is 0 Å². The lowest BCUT2D eigenvalue weighted by atomic mass is 9.97. The Morgan fingerprint density at radius 1 is 1.20 bits per heavy atom. The van der Waals surface area contributed by atoms with Crippen LogP contribution < -0.4 is 16.1 Å². The van der Waals surface area contributed by atoms with Crippen LogP contribution in [0.5, 0.6) is 0 Å². The summed E-state index contributed by atoms with van der Waals surface area (Å²) in [5, 5.41) is 0.236. The molecule has 1 fully saturated rings. The zero-order valence-electron chi connectivity index (χ0n) is 16.9. The molecular formula is C21H23N5O4. The van der Waals surface area contributed by atoms with E-state index in [2.05, 4.69) is 15.0 Å². The molecule has 4 rings (SSSR count). The number of aromatic amines is 1. The molecule has 0 aliphatic carbocycles. The number of esters is 1. The highest BCUT2D eigenvalue weighted by Gasteiger charge is 2.27. The Morgan fingerprint density at radius 2 is 1.90 bits per heavy atom. The standard InChI is InChI=1S/C21H23N5O4/c1-3-30-19(28)14-8-10-25(11-9-14)20-22-12-16-17(23-20)24-21(29)26(18(16)27)15-6-4-13(2)5-7-15/h4-7,12,14H,3,8-11H2,1-2H3,(H,22,23,24,29). The first-order valence-corrected chi connectivity index (χ1v) is 9.98. The number of rotatable bonds is 4. The number of benzene rings is 1.